The molecule has 0 amide bonds. The van der Waals surface area contributed by atoms with Gasteiger partial charge in [-0.3, -0.25) is 0 Å². The Kier molecular flexibility index (Phi) is 3.79. The molecule has 88 valence electrons. The molecular formula is C14H13BrFN. The van der Waals surface area contributed by atoms with Gasteiger partial charge in [0.15, 0.2) is 0 Å². The zero-order chi connectivity index (χ0) is 12.3. The Morgan fingerprint density at radius 1 is 1.12 bits per heavy atom. The summed E-state index contributed by atoms with van der Waals surface area (Å²) in [6.45, 7) is 2.75. The Labute approximate surface area is 109 Å². The second kappa shape index (κ2) is 5.32. The highest BCUT2D eigenvalue weighted by Crippen LogP contribution is 2.21. The lowest BCUT2D eigenvalue weighted by Gasteiger charge is -2.10. The van der Waals surface area contributed by atoms with Gasteiger partial charge in [-0.1, -0.05) is 34.1 Å². The standard InChI is InChI=1S/C14H13BrFN/c1-10-2-5-12(15)8-14(10)17-9-11-3-6-13(16)7-4-11/h2-8,17H,9H2,1H3. The van der Waals surface area contributed by atoms with Crippen molar-refractivity contribution in [3.05, 3.63) is 63.9 Å². The first-order valence-electron chi connectivity index (χ1n) is 5.39. The van der Waals surface area contributed by atoms with Crippen molar-refractivity contribution in [2.45, 2.75) is 13.5 Å². The summed E-state index contributed by atoms with van der Waals surface area (Å²) in [5.74, 6) is -0.201. The fourth-order valence-corrected chi connectivity index (χ4v) is 1.95. The number of hydrogen-bond acceptors (Lipinski definition) is 1. The lowest BCUT2D eigenvalue weighted by atomic mass is 10.2. The van der Waals surface area contributed by atoms with Gasteiger partial charge in [-0.2, -0.15) is 0 Å². The molecule has 3 heteroatoms. The van der Waals surface area contributed by atoms with Crippen LogP contribution in [0.2, 0.25) is 0 Å². The zero-order valence-electron chi connectivity index (χ0n) is 9.50. The van der Waals surface area contributed by atoms with E-state index in [1.165, 1.54) is 17.7 Å². The summed E-state index contributed by atoms with van der Waals surface area (Å²) in [4.78, 5) is 0. The van der Waals surface area contributed by atoms with Crippen LogP contribution in [0.25, 0.3) is 0 Å². The lowest BCUT2D eigenvalue weighted by Crippen LogP contribution is -2.00. The maximum atomic E-state index is 12.7. The maximum absolute atomic E-state index is 12.7. The van der Waals surface area contributed by atoms with Crippen LogP contribution in [-0.4, -0.2) is 0 Å². The van der Waals surface area contributed by atoms with Crippen molar-refractivity contribution in [3.8, 4) is 0 Å². The van der Waals surface area contributed by atoms with E-state index in [4.69, 9.17) is 0 Å². The molecule has 2 aromatic rings. The summed E-state index contributed by atoms with van der Waals surface area (Å²) in [6.07, 6.45) is 0. The molecule has 0 aliphatic heterocycles. The van der Waals surface area contributed by atoms with Crippen LogP contribution in [0.15, 0.2) is 46.9 Å². The molecule has 0 aliphatic rings. The SMILES string of the molecule is Cc1ccc(Br)cc1NCc1ccc(F)cc1. The first-order valence-corrected chi connectivity index (χ1v) is 6.19. The molecule has 2 aromatic carbocycles. The normalized spacial score (nSPS) is 10.3. The summed E-state index contributed by atoms with van der Waals surface area (Å²) < 4.78 is 13.8. The van der Waals surface area contributed by atoms with Gasteiger partial charge in [-0.25, -0.2) is 4.39 Å². The second-order valence-corrected chi connectivity index (χ2v) is 4.85. The molecule has 0 saturated heterocycles. The van der Waals surface area contributed by atoms with Crippen LogP contribution in [0.5, 0.6) is 0 Å². The zero-order valence-corrected chi connectivity index (χ0v) is 11.1. The molecule has 0 aromatic heterocycles. The van der Waals surface area contributed by atoms with Crippen LogP contribution in [-0.2, 0) is 6.54 Å². The van der Waals surface area contributed by atoms with E-state index in [9.17, 15) is 4.39 Å². The van der Waals surface area contributed by atoms with Gasteiger partial charge in [0.25, 0.3) is 0 Å². The first kappa shape index (κ1) is 12.1. The van der Waals surface area contributed by atoms with Crippen LogP contribution in [0.1, 0.15) is 11.1 Å². The van der Waals surface area contributed by atoms with E-state index in [0.29, 0.717) is 6.54 Å². The highest BCUT2D eigenvalue weighted by atomic mass is 79.9. The summed E-state index contributed by atoms with van der Waals surface area (Å²) in [5, 5.41) is 3.34. The highest BCUT2D eigenvalue weighted by molar-refractivity contribution is 9.10. The van der Waals surface area contributed by atoms with Crippen molar-refractivity contribution in [3.63, 3.8) is 0 Å². The quantitative estimate of drug-likeness (QED) is 0.878. The Bertz CT molecular complexity index is 508. The third-order valence-electron chi connectivity index (χ3n) is 2.60. The number of hydrogen-bond donors (Lipinski definition) is 1. The van der Waals surface area contributed by atoms with Crippen molar-refractivity contribution >= 4 is 21.6 Å². The molecule has 0 radical (unpaired) electrons. The van der Waals surface area contributed by atoms with Crippen molar-refractivity contribution < 1.29 is 4.39 Å². The van der Waals surface area contributed by atoms with Gasteiger partial charge >= 0.3 is 0 Å². The van der Waals surface area contributed by atoms with Gasteiger partial charge < -0.3 is 5.32 Å². The van der Waals surface area contributed by atoms with Crippen LogP contribution in [0.3, 0.4) is 0 Å². The average molecular weight is 294 g/mol. The molecule has 0 saturated carbocycles. The van der Waals surface area contributed by atoms with E-state index in [1.807, 2.05) is 12.1 Å². The predicted molar refractivity (Wildman–Crippen MR) is 72.6 cm³/mol. The maximum Gasteiger partial charge on any atom is 0.123 e. The van der Waals surface area contributed by atoms with E-state index in [2.05, 4.69) is 34.2 Å². The van der Waals surface area contributed by atoms with Gasteiger partial charge in [0.2, 0.25) is 0 Å². The minimum Gasteiger partial charge on any atom is -0.381 e. The minimum atomic E-state index is -0.201. The molecule has 1 N–H and O–H groups in total. The number of rotatable bonds is 3. The Morgan fingerprint density at radius 3 is 2.53 bits per heavy atom. The highest BCUT2D eigenvalue weighted by Gasteiger charge is 1.99. The number of benzene rings is 2. The largest absolute Gasteiger partial charge is 0.381 e. The molecule has 0 atom stereocenters. The fraction of sp³-hybridized carbons (Fsp3) is 0.143. The summed E-state index contributed by atoms with van der Waals surface area (Å²) in [6, 6.07) is 12.6. The van der Waals surface area contributed by atoms with E-state index in [1.54, 1.807) is 12.1 Å². The summed E-state index contributed by atoms with van der Waals surface area (Å²) in [5.41, 5.74) is 3.34. The van der Waals surface area contributed by atoms with Crippen LogP contribution in [0, 0.1) is 12.7 Å². The van der Waals surface area contributed by atoms with Crippen LogP contribution >= 0.6 is 15.9 Å². The van der Waals surface area contributed by atoms with E-state index < -0.39 is 0 Å². The molecule has 1 nitrogen and oxygen atoms in total. The minimum absolute atomic E-state index is 0.201. The molecule has 0 unspecified atom stereocenters. The van der Waals surface area contributed by atoms with Gasteiger partial charge in [0.1, 0.15) is 5.82 Å². The number of aryl methyl sites for hydroxylation is 1. The number of anilines is 1. The third-order valence-corrected chi connectivity index (χ3v) is 3.09. The van der Waals surface area contributed by atoms with Crippen molar-refractivity contribution in [1.29, 1.82) is 0 Å². The number of halogens is 2. The van der Waals surface area contributed by atoms with Crippen molar-refractivity contribution in [2.24, 2.45) is 0 Å². The van der Waals surface area contributed by atoms with Crippen molar-refractivity contribution in [2.75, 3.05) is 5.32 Å². The van der Waals surface area contributed by atoms with Crippen molar-refractivity contribution in [1.82, 2.24) is 0 Å². The van der Waals surface area contributed by atoms with Gasteiger partial charge in [-0.05, 0) is 42.3 Å². The molecule has 17 heavy (non-hydrogen) atoms. The number of nitrogens with one attached hydrogen (secondary N) is 1. The lowest BCUT2D eigenvalue weighted by molar-refractivity contribution is 0.627. The van der Waals surface area contributed by atoms with E-state index in [-0.39, 0.29) is 5.82 Å². The van der Waals surface area contributed by atoms with Crippen LogP contribution < -0.4 is 5.32 Å². The van der Waals surface area contributed by atoms with E-state index in [0.717, 1.165) is 15.7 Å². The van der Waals surface area contributed by atoms with Gasteiger partial charge in [-0.15, -0.1) is 0 Å². The molecular weight excluding hydrogens is 281 g/mol. The topological polar surface area (TPSA) is 12.0 Å². The average Bonchev–Trinajstić information content (AvgIpc) is 2.32. The molecule has 0 heterocycles. The monoisotopic (exact) mass is 293 g/mol. The summed E-state index contributed by atoms with van der Waals surface area (Å²) >= 11 is 3.44. The molecule has 0 fully saturated rings. The molecule has 0 spiro atoms. The smallest absolute Gasteiger partial charge is 0.123 e. The molecule has 0 bridgehead atoms. The summed E-state index contributed by atoms with van der Waals surface area (Å²) in [7, 11) is 0. The van der Waals surface area contributed by atoms with Gasteiger partial charge in [0.05, 0.1) is 0 Å². The Balaban J connectivity index is 2.07. The second-order valence-electron chi connectivity index (χ2n) is 3.94. The predicted octanol–water partition coefficient (Wildman–Crippen LogP) is 4.51. The fourth-order valence-electron chi connectivity index (χ4n) is 1.58. The van der Waals surface area contributed by atoms with Gasteiger partial charge in [0, 0.05) is 16.7 Å². The van der Waals surface area contributed by atoms with Crippen LogP contribution in [0.4, 0.5) is 10.1 Å². The Morgan fingerprint density at radius 2 is 1.82 bits per heavy atom. The molecule has 0 aliphatic carbocycles. The first-order chi connectivity index (χ1) is 8.15. The third kappa shape index (κ3) is 3.30. The Hall–Kier alpha value is -1.35. The molecule has 2 rings (SSSR count). The van der Waals surface area contributed by atoms with E-state index >= 15 is 0 Å².